The number of benzene rings is 3. The van der Waals surface area contributed by atoms with E-state index in [1.807, 2.05) is 0 Å². The monoisotopic (exact) mass is 477 g/mol. The first kappa shape index (κ1) is 22.0. The summed E-state index contributed by atoms with van der Waals surface area (Å²) in [7, 11) is -3.88. The van der Waals surface area contributed by atoms with E-state index in [1.54, 1.807) is 24.3 Å². The Morgan fingerprint density at radius 2 is 1.47 bits per heavy atom. The third kappa shape index (κ3) is 4.52. The van der Waals surface area contributed by atoms with Crippen molar-refractivity contribution in [2.24, 2.45) is 5.14 Å². The van der Waals surface area contributed by atoms with Crippen molar-refractivity contribution < 1.29 is 30.7 Å². The number of rotatable bonds is 4. The second-order valence-corrected chi connectivity index (χ2v) is 8.74. The molecule has 0 aliphatic carbocycles. The lowest BCUT2D eigenvalue weighted by Crippen LogP contribution is -2.16. The molecule has 0 fully saturated rings. The summed E-state index contributed by atoms with van der Waals surface area (Å²) in [6.45, 7) is 0. The Hall–Kier alpha value is -3.21. The largest absolute Gasteiger partial charge is 0.573 e. The lowest BCUT2D eigenvalue weighted by atomic mass is 9.99. The number of alkyl halides is 3. The molecule has 10 heteroatoms. The number of halogens is 3. The zero-order valence-electron chi connectivity index (χ0n) is 16.1. The van der Waals surface area contributed by atoms with Gasteiger partial charge in [0.25, 0.3) is 0 Å². The van der Waals surface area contributed by atoms with Crippen molar-refractivity contribution in [3.05, 3.63) is 77.3 Å². The quantitative estimate of drug-likeness (QED) is 0.362. The summed E-state index contributed by atoms with van der Waals surface area (Å²) >= 11 is 5.68. The number of hydrogen-bond donors (Lipinski definition) is 1. The maximum Gasteiger partial charge on any atom is 0.573 e. The number of nitrogens with two attached hydrogens (primary N) is 1. The van der Waals surface area contributed by atoms with Crippen LogP contribution in [-0.4, -0.2) is 14.8 Å². The van der Waals surface area contributed by atoms with Gasteiger partial charge in [-0.3, -0.25) is 0 Å². The molecule has 0 spiro atoms. The molecule has 1 heterocycles. The van der Waals surface area contributed by atoms with Crippen LogP contribution in [0.4, 0.5) is 13.2 Å². The summed E-state index contributed by atoms with van der Waals surface area (Å²) in [5.74, 6) is -0.0388. The molecule has 1 aromatic heterocycles. The first-order valence-electron chi connectivity index (χ1n) is 9.08. The van der Waals surface area contributed by atoms with E-state index in [0.29, 0.717) is 37.9 Å². The Balaban J connectivity index is 1.91. The van der Waals surface area contributed by atoms with Crippen molar-refractivity contribution >= 4 is 33.2 Å². The number of hydrogen-bond acceptors (Lipinski definition) is 5. The molecule has 0 saturated carbocycles. The molecule has 0 saturated heterocycles. The summed E-state index contributed by atoms with van der Waals surface area (Å²) in [6, 6.07) is 18.0. The second-order valence-electron chi connectivity index (χ2n) is 6.77. The number of ether oxygens (including phenoxy) is 1. The SMILES string of the molecule is NS(=O)(=O)c1ccc(-c2oc3ccccc3c(=S)c2-c2ccc(OC(F)(F)F)cc2)cc1. The van der Waals surface area contributed by atoms with Gasteiger partial charge in [-0.05, 0) is 54.1 Å². The standard InChI is InChI=1S/C22H14F3NO4S2/c23-22(24,25)30-15-9-5-13(6-10-15)19-20(14-7-11-16(12-8-14)32(26,27)28)29-18-4-2-1-3-17(18)21(19)31/h1-12H,(H2,26,27,28). The number of sulfonamides is 1. The van der Waals surface area contributed by atoms with Crippen LogP contribution in [0.3, 0.4) is 0 Å². The van der Waals surface area contributed by atoms with Gasteiger partial charge >= 0.3 is 6.36 Å². The van der Waals surface area contributed by atoms with Gasteiger partial charge in [-0.2, -0.15) is 0 Å². The fraction of sp³-hybridized carbons (Fsp3) is 0.0455. The maximum absolute atomic E-state index is 12.5. The van der Waals surface area contributed by atoms with Crippen molar-refractivity contribution in [1.82, 2.24) is 0 Å². The summed E-state index contributed by atoms with van der Waals surface area (Å²) in [5, 5.41) is 5.81. The highest BCUT2D eigenvalue weighted by Gasteiger charge is 2.31. The van der Waals surface area contributed by atoms with Gasteiger partial charge < -0.3 is 9.15 Å². The average molecular weight is 477 g/mol. The van der Waals surface area contributed by atoms with E-state index in [2.05, 4.69) is 4.74 Å². The smallest absolute Gasteiger partial charge is 0.455 e. The van der Waals surface area contributed by atoms with E-state index in [0.717, 1.165) is 0 Å². The zero-order valence-corrected chi connectivity index (χ0v) is 17.7. The average Bonchev–Trinajstić information content (AvgIpc) is 2.73. The van der Waals surface area contributed by atoms with Crippen LogP contribution in [0.25, 0.3) is 33.4 Å². The Morgan fingerprint density at radius 3 is 2.06 bits per heavy atom. The van der Waals surface area contributed by atoms with Crippen LogP contribution in [-0.2, 0) is 10.0 Å². The molecule has 32 heavy (non-hydrogen) atoms. The summed E-state index contributed by atoms with van der Waals surface area (Å²) in [6.07, 6.45) is -4.81. The predicted octanol–water partition coefficient (Wildman–Crippen LogP) is 6.04. The fourth-order valence-electron chi connectivity index (χ4n) is 3.23. The van der Waals surface area contributed by atoms with E-state index >= 15 is 0 Å². The van der Waals surface area contributed by atoms with Crippen LogP contribution in [0.5, 0.6) is 5.75 Å². The van der Waals surface area contributed by atoms with Gasteiger partial charge in [0, 0.05) is 16.5 Å². The topological polar surface area (TPSA) is 82.5 Å². The lowest BCUT2D eigenvalue weighted by Gasteiger charge is -2.13. The third-order valence-corrected chi connectivity index (χ3v) is 5.97. The second kappa shape index (κ2) is 8.05. The molecule has 4 aromatic rings. The van der Waals surface area contributed by atoms with Gasteiger partial charge in [-0.15, -0.1) is 13.2 Å². The first-order chi connectivity index (χ1) is 15.0. The zero-order chi connectivity index (χ0) is 23.1. The van der Waals surface area contributed by atoms with Gasteiger partial charge in [0.1, 0.15) is 17.1 Å². The van der Waals surface area contributed by atoms with Crippen molar-refractivity contribution in [1.29, 1.82) is 0 Å². The molecule has 0 unspecified atom stereocenters. The highest BCUT2D eigenvalue weighted by Crippen LogP contribution is 2.38. The van der Waals surface area contributed by atoms with Crippen molar-refractivity contribution in [3.63, 3.8) is 0 Å². The normalized spacial score (nSPS) is 12.1. The molecule has 4 rings (SSSR count). The molecular weight excluding hydrogens is 463 g/mol. The van der Waals surface area contributed by atoms with Crippen LogP contribution >= 0.6 is 12.2 Å². The van der Waals surface area contributed by atoms with Gasteiger partial charge in [-0.1, -0.05) is 36.5 Å². The van der Waals surface area contributed by atoms with E-state index < -0.39 is 16.4 Å². The van der Waals surface area contributed by atoms with Crippen LogP contribution in [0.15, 0.2) is 82.1 Å². The van der Waals surface area contributed by atoms with Crippen LogP contribution in [0.1, 0.15) is 0 Å². The maximum atomic E-state index is 12.5. The minimum atomic E-state index is -4.81. The minimum Gasteiger partial charge on any atom is -0.455 e. The summed E-state index contributed by atoms with van der Waals surface area (Å²) < 4.78 is 71.1. The summed E-state index contributed by atoms with van der Waals surface area (Å²) in [5.41, 5.74) is 1.99. The molecule has 0 aliphatic rings. The Morgan fingerprint density at radius 1 is 0.875 bits per heavy atom. The van der Waals surface area contributed by atoms with E-state index in [1.165, 1.54) is 48.5 Å². The third-order valence-electron chi connectivity index (χ3n) is 4.62. The highest BCUT2D eigenvalue weighted by molar-refractivity contribution is 7.89. The van der Waals surface area contributed by atoms with Crippen LogP contribution in [0, 0.1) is 4.51 Å². The fourth-order valence-corrected chi connectivity index (χ4v) is 4.12. The predicted molar refractivity (Wildman–Crippen MR) is 116 cm³/mol. The van der Waals surface area contributed by atoms with Gasteiger partial charge in [0.05, 0.1) is 9.41 Å². The lowest BCUT2D eigenvalue weighted by molar-refractivity contribution is -0.274. The van der Waals surface area contributed by atoms with Crippen LogP contribution in [0.2, 0.25) is 0 Å². The molecule has 0 bridgehead atoms. The summed E-state index contributed by atoms with van der Waals surface area (Å²) in [4.78, 5) is -0.0733. The van der Waals surface area contributed by atoms with E-state index in [-0.39, 0.29) is 10.6 Å². The molecule has 0 aliphatic heterocycles. The molecule has 2 N–H and O–H groups in total. The molecule has 0 atom stereocenters. The Labute approximate surface area is 185 Å². The van der Waals surface area contributed by atoms with Crippen molar-refractivity contribution in [2.45, 2.75) is 11.3 Å². The molecule has 3 aromatic carbocycles. The van der Waals surface area contributed by atoms with E-state index in [9.17, 15) is 21.6 Å². The molecule has 0 radical (unpaired) electrons. The number of primary sulfonamides is 1. The molecule has 0 amide bonds. The Bertz CT molecular complexity index is 1460. The van der Waals surface area contributed by atoms with Crippen LogP contribution < -0.4 is 9.88 Å². The minimum absolute atomic E-state index is 0.0733. The van der Waals surface area contributed by atoms with E-state index in [4.69, 9.17) is 21.8 Å². The molecule has 164 valence electrons. The Kier molecular flexibility index (Phi) is 5.53. The van der Waals surface area contributed by atoms with Gasteiger partial charge in [0.2, 0.25) is 10.0 Å². The number of para-hydroxylation sites is 1. The first-order valence-corrected chi connectivity index (χ1v) is 11.0. The number of fused-ring (bicyclic) bond motifs is 1. The van der Waals surface area contributed by atoms with Gasteiger partial charge in [-0.25, -0.2) is 13.6 Å². The van der Waals surface area contributed by atoms with Gasteiger partial charge in [0.15, 0.2) is 0 Å². The highest BCUT2D eigenvalue weighted by atomic mass is 32.2. The molecule has 5 nitrogen and oxygen atoms in total. The van der Waals surface area contributed by atoms with Crippen molar-refractivity contribution in [2.75, 3.05) is 0 Å². The van der Waals surface area contributed by atoms with Crippen molar-refractivity contribution in [3.8, 4) is 28.2 Å². The molecular formula is C22H14F3NO4S2.